The number of aromatic nitrogens is 4. The molecule has 1 unspecified atom stereocenters. The van der Waals surface area contributed by atoms with Crippen LogP contribution in [-0.4, -0.2) is 46.3 Å². The fourth-order valence-corrected chi connectivity index (χ4v) is 4.59. The van der Waals surface area contributed by atoms with E-state index in [9.17, 15) is 0 Å². The van der Waals surface area contributed by atoms with Crippen molar-refractivity contribution in [2.75, 3.05) is 30.4 Å². The van der Waals surface area contributed by atoms with Crippen LogP contribution in [0, 0.1) is 5.41 Å². The van der Waals surface area contributed by atoms with Gasteiger partial charge in [0, 0.05) is 48.4 Å². The van der Waals surface area contributed by atoms with Gasteiger partial charge in [-0.1, -0.05) is 0 Å². The summed E-state index contributed by atoms with van der Waals surface area (Å²) in [4.78, 5) is 11.7. The number of hydrogen-bond acceptors (Lipinski definition) is 6. The maximum Gasteiger partial charge on any atom is 0.227 e. The highest BCUT2D eigenvalue weighted by molar-refractivity contribution is 5.54. The number of aromatic amines is 1. The molecule has 1 saturated heterocycles. The van der Waals surface area contributed by atoms with Crippen molar-refractivity contribution in [3.63, 3.8) is 0 Å². The molecule has 3 fully saturated rings. The van der Waals surface area contributed by atoms with E-state index in [4.69, 9.17) is 4.98 Å². The lowest BCUT2D eigenvalue weighted by Crippen LogP contribution is -2.40. The van der Waals surface area contributed by atoms with Crippen LogP contribution in [0.15, 0.2) is 18.3 Å². The summed E-state index contributed by atoms with van der Waals surface area (Å²) in [5.41, 5.74) is 1.62. The summed E-state index contributed by atoms with van der Waals surface area (Å²) in [5.74, 6) is 3.16. The third kappa shape index (κ3) is 2.76. The number of hydrogen-bond donors (Lipinski definition) is 3. The Morgan fingerprint density at radius 1 is 1.32 bits per heavy atom. The van der Waals surface area contributed by atoms with Gasteiger partial charge in [0.2, 0.25) is 5.95 Å². The monoisotopic (exact) mass is 339 g/mol. The highest BCUT2D eigenvalue weighted by Crippen LogP contribution is 2.48. The van der Waals surface area contributed by atoms with Gasteiger partial charge < -0.3 is 15.5 Å². The fraction of sp³-hybridized carbons (Fsp3) is 0.611. The van der Waals surface area contributed by atoms with Crippen molar-refractivity contribution >= 4 is 17.6 Å². The van der Waals surface area contributed by atoms with Gasteiger partial charge in [0.05, 0.1) is 0 Å². The van der Waals surface area contributed by atoms with Crippen LogP contribution in [0.4, 0.5) is 17.6 Å². The summed E-state index contributed by atoms with van der Waals surface area (Å²) in [6.45, 7) is 2.13. The van der Waals surface area contributed by atoms with Crippen LogP contribution < -0.4 is 15.5 Å². The van der Waals surface area contributed by atoms with E-state index in [0.717, 1.165) is 30.7 Å². The number of nitrogens with one attached hydrogen (secondary N) is 3. The molecular weight excluding hydrogens is 314 g/mol. The first-order valence-electron chi connectivity index (χ1n) is 9.31. The maximum atomic E-state index is 4.76. The number of fused-ring (bicyclic) bond motifs is 2. The Balaban J connectivity index is 1.33. The molecule has 2 saturated carbocycles. The summed E-state index contributed by atoms with van der Waals surface area (Å²) in [6.07, 6.45) is 8.18. The predicted molar refractivity (Wildman–Crippen MR) is 97.2 cm³/mol. The molecule has 3 N–H and O–H groups in total. The lowest BCUT2D eigenvalue weighted by molar-refractivity contribution is 0.317. The van der Waals surface area contributed by atoms with Gasteiger partial charge in [-0.25, -0.2) is 4.98 Å². The first kappa shape index (κ1) is 15.1. The van der Waals surface area contributed by atoms with Gasteiger partial charge in [0.25, 0.3) is 0 Å². The summed E-state index contributed by atoms with van der Waals surface area (Å²) in [5, 5.41) is 14.2. The highest BCUT2D eigenvalue weighted by Gasteiger charge is 2.49. The number of piperidine rings is 1. The molecule has 0 amide bonds. The van der Waals surface area contributed by atoms with E-state index >= 15 is 0 Å². The van der Waals surface area contributed by atoms with Crippen LogP contribution in [-0.2, 0) is 0 Å². The zero-order valence-corrected chi connectivity index (χ0v) is 14.6. The molecule has 7 nitrogen and oxygen atoms in total. The van der Waals surface area contributed by atoms with Crippen LogP contribution >= 0.6 is 0 Å². The molecule has 1 aliphatic heterocycles. The molecule has 2 aliphatic carbocycles. The van der Waals surface area contributed by atoms with Crippen molar-refractivity contribution in [2.24, 2.45) is 5.41 Å². The Morgan fingerprint density at radius 3 is 3.08 bits per heavy atom. The minimum atomic E-state index is 0.396. The molecule has 3 heterocycles. The van der Waals surface area contributed by atoms with Gasteiger partial charge in [-0.15, -0.1) is 0 Å². The summed E-state index contributed by atoms with van der Waals surface area (Å²) >= 11 is 0. The molecule has 3 aliphatic rings. The fourth-order valence-electron chi connectivity index (χ4n) is 4.59. The van der Waals surface area contributed by atoms with Gasteiger partial charge in [-0.05, 0) is 45.2 Å². The molecule has 0 radical (unpaired) electrons. The Hall–Kier alpha value is -2.15. The van der Waals surface area contributed by atoms with Crippen molar-refractivity contribution in [3.8, 4) is 0 Å². The second-order valence-corrected chi connectivity index (χ2v) is 7.90. The van der Waals surface area contributed by atoms with Crippen LogP contribution in [0.2, 0.25) is 0 Å². The minimum absolute atomic E-state index is 0.396. The molecule has 0 spiro atoms. The van der Waals surface area contributed by atoms with Crippen LogP contribution in [0.3, 0.4) is 0 Å². The lowest BCUT2D eigenvalue weighted by Gasteiger charge is -2.32. The normalized spacial score (nSPS) is 27.9. The molecule has 2 atom stereocenters. The van der Waals surface area contributed by atoms with Gasteiger partial charge in [-0.2, -0.15) is 10.1 Å². The van der Waals surface area contributed by atoms with Crippen molar-refractivity contribution in [2.45, 2.75) is 44.1 Å². The maximum absolute atomic E-state index is 4.76. The van der Waals surface area contributed by atoms with Crippen molar-refractivity contribution in [1.29, 1.82) is 0 Å². The summed E-state index contributed by atoms with van der Waals surface area (Å²) in [7, 11) is 2.05. The molecule has 2 aromatic rings. The second-order valence-electron chi connectivity index (χ2n) is 7.90. The summed E-state index contributed by atoms with van der Waals surface area (Å²) in [6, 6.07) is 4.58. The lowest BCUT2D eigenvalue weighted by atomic mass is 9.87. The van der Waals surface area contributed by atoms with Gasteiger partial charge in [0.1, 0.15) is 5.82 Å². The van der Waals surface area contributed by atoms with Crippen molar-refractivity contribution < 1.29 is 0 Å². The Labute approximate surface area is 147 Å². The molecule has 0 aromatic carbocycles. The third-order valence-corrected chi connectivity index (χ3v) is 5.95. The standard InChI is InChI=1S/C18H25N7/c1-19-10-18-6-4-13(9-18)25(11-18)17-20-7-5-15(22-17)21-16-8-14(23-24-16)12-2-3-12/h5,7-8,12-13,19H,2-4,6,9-11H2,1H3,(H2,20,21,22,23,24)/t13?,18-/m1/s1. The smallest absolute Gasteiger partial charge is 0.227 e. The van der Waals surface area contributed by atoms with E-state index in [0.29, 0.717) is 17.4 Å². The largest absolute Gasteiger partial charge is 0.337 e. The van der Waals surface area contributed by atoms with Gasteiger partial charge in [0.15, 0.2) is 5.82 Å². The third-order valence-electron chi connectivity index (χ3n) is 5.95. The quantitative estimate of drug-likeness (QED) is 0.750. The molecule has 25 heavy (non-hydrogen) atoms. The molecule has 5 rings (SSSR count). The number of nitrogens with zero attached hydrogens (tertiary/aromatic N) is 4. The SMILES string of the molecule is CNC[C@@]12CCC(C1)N(c1nccc(Nc3cc(C4CC4)[nH]n3)n1)C2. The van der Waals surface area contributed by atoms with E-state index < -0.39 is 0 Å². The number of H-pyrrole nitrogens is 1. The molecule has 2 bridgehead atoms. The van der Waals surface area contributed by atoms with E-state index in [1.165, 1.54) is 37.8 Å². The molecule has 2 aromatic heterocycles. The average Bonchev–Trinajstić information content (AvgIpc) is 3.08. The van der Waals surface area contributed by atoms with Crippen LogP contribution in [0.1, 0.15) is 43.7 Å². The zero-order chi connectivity index (χ0) is 16.9. The Bertz CT molecular complexity index is 768. The molecule has 132 valence electrons. The zero-order valence-electron chi connectivity index (χ0n) is 14.6. The second kappa shape index (κ2) is 5.69. The predicted octanol–water partition coefficient (Wildman–Crippen LogP) is 2.40. The number of rotatable bonds is 6. The Morgan fingerprint density at radius 2 is 2.24 bits per heavy atom. The summed E-state index contributed by atoms with van der Waals surface area (Å²) < 4.78 is 0. The Kier molecular flexibility index (Phi) is 3.45. The topological polar surface area (TPSA) is 81.8 Å². The van der Waals surface area contributed by atoms with Gasteiger partial charge >= 0.3 is 0 Å². The average molecular weight is 339 g/mol. The molecular formula is C18H25N7. The first-order chi connectivity index (χ1) is 12.2. The highest BCUT2D eigenvalue weighted by atomic mass is 15.3. The first-order valence-corrected chi connectivity index (χ1v) is 9.31. The van der Waals surface area contributed by atoms with E-state index in [1.807, 2.05) is 19.3 Å². The minimum Gasteiger partial charge on any atom is -0.337 e. The van der Waals surface area contributed by atoms with Crippen molar-refractivity contribution in [3.05, 3.63) is 24.0 Å². The van der Waals surface area contributed by atoms with E-state index in [2.05, 4.69) is 36.8 Å². The molecule has 7 heteroatoms. The van der Waals surface area contributed by atoms with Crippen LogP contribution in [0.5, 0.6) is 0 Å². The van der Waals surface area contributed by atoms with E-state index in [-0.39, 0.29) is 0 Å². The van der Waals surface area contributed by atoms with Crippen LogP contribution in [0.25, 0.3) is 0 Å². The number of anilines is 3. The van der Waals surface area contributed by atoms with Gasteiger partial charge in [-0.3, -0.25) is 5.10 Å². The van der Waals surface area contributed by atoms with E-state index in [1.54, 1.807) is 0 Å². The van der Waals surface area contributed by atoms with Crippen molar-refractivity contribution in [1.82, 2.24) is 25.5 Å².